The van der Waals surface area contributed by atoms with E-state index in [1.807, 2.05) is 63.2 Å². The summed E-state index contributed by atoms with van der Waals surface area (Å²) in [5.41, 5.74) is 1.44. The molecule has 5 heteroatoms. The fourth-order valence-electron chi connectivity index (χ4n) is 2.32. The Morgan fingerprint density at radius 2 is 1.52 bits per heavy atom. The standard InChI is InChI=1S/C22H26O5/c1-22(2,3)27-21(24)16-25-19-12-9-17(10-13-19)11-14-20(23)26-15-18-7-5-4-6-8-18/h4-10,12-13H,11,14-16H2,1-3H3. The van der Waals surface area contributed by atoms with E-state index in [0.29, 0.717) is 18.6 Å². The van der Waals surface area contributed by atoms with Crippen molar-refractivity contribution in [3.8, 4) is 5.75 Å². The van der Waals surface area contributed by atoms with Crippen LogP contribution in [0.15, 0.2) is 54.6 Å². The van der Waals surface area contributed by atoms with Crippen molar-refractivity contribution in [2.24, 2.45) is 0 Å². The van der Waals surface area contributed by atoms with E-state index in [1.54, 1.807) is 12.1 Å². The van der Waals surface area contributed by atoms with Gasteiger partial charge in [-0.2, -0.15) is 0 Å². The number of carbonyl (C=O) groups excluding carboxylic acids is 2. The number of aryl methyl sites for hydroxylation is 1. The normalized spacial score (nSPS) is 10.9. The Hall–Kier alpha value is -2.82. The largest absolute Gasteiger partial charge is 0.482 e. The van der Waals surface area contributed by atoms with Gasteiger partial charge in [0.2, 0.25) is 0 Å². The van der Waals surface area contributed by atoms with Crippen LogP contribution in [0.5, 0.6) is 5.75 Å². The molecule has 0 N–H and O–H groups in total. The maximum atomic E-state index is 11.8. The molecule has 0 fully saturated rings. The summed E-state index contributed by atoms with van der Waals surface area (Å²) >= 11 is 0. The van der Waals surface area contributed by atoms with Crippen molar-refractivity contribution in [3.63, 3.8) is 0 Å². The number of carbonyl (C=O) groups is 2. The highest BCUT2D eigenvalue weighted by Crippen LogP contribution is 2.15. The fraction of sp³-hybridized carbons (Fsp3) is 0.364. The van der Waals surface area contributed by atoms with Gasteiger partial charge in [-0.15, -0.1) is 0 Å². The molecule has 0 aliphatic carbocycles. The number of hydrogen-bond donors (Lipinski definition) is 0. The predicted octanol–water partition coefficient (Wildman–Crippen LogP) is 4.08. The molecular formula is C22H26O5. The number of benzene rings is 2. The van der Waals surface area contributed by atoms with Crippen LogP contribution < -0.4 is 4.74 Å². The minimum atomic E-state index is -0.528. The molecule has 5 nitrogen and oxygen atoms in total. The summed E-state index contributed by atoms with van der Waals surface area (Å²) in [4.78, 5) is 23.5. The van der Waals surface area contributed by atoms with Gasteiger partial charge in [0.25, 0.3) is 0 Å². The molecule has 0 aliphatic heterocycles. The molecule has 27 heavy (non-hydrogen) atoms. The Balaban J connectivity index is 1.70. The molecule has 0 aromatic heterocycles. The lowest BCUT2D eigenvalue weighted by Gasteiger charge is -2.19. The molecule has 0 aliphatic rings. The van der Waals surface area contributed by atoms with Crippen LogP contribution in [-0.4, -0.2) is 24.1 Å². The minimum Gasteiger partial charge on any atom is -0.482 e. The van der Waals surface area contributed by atoms with Crippen molar-refractivity contribution in [2.45, 2.75) is 45.8 Å². The zero-order chi connectivity index (χ0) is 19.7. The zero-order valence-corrected chi connectivity index (χ0v) is 16.1. The van der Waals surface area contributed by atoms with Gasteiger partial charge in [0.05, 0.1) is 0 Å². The van der Waals surface area contributed by atoms with Gasteiger partial charge in [-0.3, -0.25) is 4.79 Å². The third kappa shape index (κ3) is 8.40. The van der Waals surface area contributed by atoms with Gasteiger partial charge in [0.1, 0.15) is 18.0 Å². The zero-order valence-electron chi connectivity index (χ0n) is 16.1. The molecule has 0 heterocycles. The first-order valence-electron chi connectivity index (χ1n) is 8.95. The van der Waals surface area contributed by atoms with Crippen LogP contribution in [0, 0.1) is 0 Å². The monoisotopic (exact) mass is 370 g/mol. The van der Waals surface area contributed by atoms with Crippen LogP contribution >= 0.6 is 0 Å². The van der Waals surface area contributed by atoms with Crippen LogP contribution in [0.4, 0.5) is 0 Å². The molecule has 0 spiro atoms. The van der Waals surface area contributed by atoms with Gasteiger partial charge < -0.3 is 14.2 Å². The summed E-state index contributed by atoms with van der Waals surface area (Å²) in [7, 11) is 0. The molecule has 144 valence electrons. The van der Waals surface area contributed by atoms with E-state index in [4.69, 9.17) is 14.2 Å². The smallest absolute Gasteiger partial charge is 0.344 e. The summed E-state index contributed by atoms with van der Waals surface area (Å²) in [6.45, 7) is 5.58. The maximum absolute atomic E-state index is 11.8. The van der Waals surface area contributed by atoms with Gasteiger partial charge in [-0.1, -0.05) is 42.5 Å². The van der Waals surface area contributed by atoms with Gasteiger partial charge in [0, 0.05) is 6.42 Å². The molecular weight excluding hydrogens is 344 g/mol. The van der Waals surface area contributed by atoms with Crippen LogP contribution in [0.25, 0.3) is 0 Å². The average molecular weight is 370 g/mol. The van der Waals surface area contributed by atoms with E-state index in [1.165, 1.54) is 0 Å². The Morgan fingerprint density at radius 3 is 2.15 bits per heavy atom. The summed E-state index contributed by atoms with van der Waals surface area (Å²) in [5, 5.41) is 0. The van der Waals surface area contributed by atoms with E-state index < -0.39 is 11.6 Å². The van der Waals surface area contributed by atoms with Crippen molar-refractivity contribution in [2.75, 3.05) is 6.61 Å². The molecule has 0 amide bonds. The van der Waals surface area contributed by atoms with Crippen molar-refractivity contribution in [1.82, 2.24) is 0 Å². The number of hydrogen-bond acceptors (Lipinski definition) is 5. The lowest BCUT2D eigenvalue weighted by atomic mass is 10.1. The van der Waals surface area contributed by atoms with E-state index in [9.17, 15) is 9.59 Å². The van der Waals surface area contributed by atoms with E-state index in [0.717, 1.165) is 11.1 Å². The molecule has 0 radical (unpaired) electrons. The Kier molecular flexibility index (Phi) is 7.41. The van der Waals surface area contributed by atoms with Gasteiger partial charge in [0.15, 0.2) is 6.61 Å². The summed E-state index contributed by atoms with van der Waals surface area (Å²) < 4.78 is 15.9. The molecule has 2 aromatic carbocycles. The summed E-state index contributed by atoms with van der Waals surface area (Å²) in [5.74, 6) is -0.0619. The van der Waals surface area contributed by atoms with E-state index in [-0.39, 0.29) is 19.2 Å². The molecule has 0 saturated heterocycles. The molecule has 0 bridgehead atoms. The first-order chi connectivity index (χ1) is 12.8. The van der Waals surface area contributed by atoms with E-state index >= 15 is 0 Å². The highest BCUT2D eigenvalue weighted by molar-refractivity contribution is 5.71. The highest BCUT2D eigenvalue weighted by Gasteiger charge is 2.16. The molecule has 0 unspecified atom stereocenters. The van der Waals surface area contributed by atoms with Crippen LogP contribution in [0.1, 0.15) is 38.3 Å². The average Bonchev–Trinajstić information content (AvgIpc) is 2.63. The quantitative estimate of drug-likeness (QED) is 0.655. The Morgan fingerprint density at radius 1 is 0.852 bits per heavy atom. The summed E-state index contributed by atoms with van der Waals surface area (Å²) in [6, 6.07) is 16.9. The van der Waals surface area contributed by atoms with E-state index in [2.05, 4.69) is 0 Å². The first-order valence-corrected chi connectivity index (χ1v) is 8.95. The summed E-state index contributed by atoms with van der Waals surface area (Å²) in [6.07, 6.45) is 0.894. The lowest BCUT2D eigenvalue weighted by Crippen LogP contribution is -2.27. The van der Waals surface area contributed by atoms with Crippen LogP contribution in [-0.2, 0) is 32.1 Å². The number of rotatable bonds is 8. The minimum absolute atomic E-state index is 0.136. The Bertz CT molecular complexity index is 730. The molecule has 0 saturated carbocycles. The fourth-order valence-corrected chi connectivity index (χ4v) is 2.32. The topological polar surface area (TPSA) is 61.8 Å². The SMILES string of the molecule is CC(C)(C)OC(=O)COc1ccc(CCC(=O)OCc2ccccc2)cc1. The van der Waals surface area contributed by atoms with Crippen molar-refractivity contribution in [3.05, 3.63) is 65.7 Å². The second kappa shape index (κ2) is 9.76. The van der Waals surface area contributed by atoms with Gasteiger partial charge in [-0.05, 0) is 50.5 Å². The molecule has 2 aromatic rings. The predicted molar refractivity (Wildman–Crippen MR) is 102 cm³/mol. The molecule has 0 atom stereocenters. The second-order valence-corrected chi connectivity index (χ2v) is 7.17. The van der Waals surface area contributed by atoms with Crippen LogP contribution in [0.2, 0.25) is 0 Å². The molecule has 2 rings (SSSR count). The Labute approximate surface area is 160 Å². The first kappa shape index (κ1) is 20.5. The van der Waals surface area contributed by atoms with Crippen molar-refractivity contribution >= 4 is 11.9 Å². The van der Waals surface area contributed by atoms with Crippen molar-refractivity contribution < 1.29 is 23.8 Å². The van der Waals surface area contributed by atoms with Crippen molar-refractivity contribution in [1.29, 1.82) is 0 Å². The highest BCUT2D eigenvalue weighted by atomic mass is 16.6. The van der Waals surface area contributed by atoms with Crippen LogP contribution in [0.3, 0.4) is 0 Å². The number of esters is 2. The third-order valence-electron chi connectivity index (χ3n) is 3.56. The lowest BCUT2D eigenvalue weighted by molar-refractivity contribution is -0.157. The number of ether oxygens (including phenoxy) is 3. The maximum Gasteiger partial charge on any atom is 0.344 e. The second-order valence-electron chi connectivity index (χ2n) is 7.17. The third-order valence-corrected chi connectivity index (χ3v) is 3.56. The van der Waals surface area contributed by atoms with Gasteiger partial charge >= 0.3 is 11.9 Å². The van der Waals surface area contributed by atoms with Gasteiger partial charge in [-0.25, -0.2) is 4.79 Å².